The summed E-state index contributed by atoms with van der Waals surface area (Å²) >= 11 is 13.1. The van der Waals surface area contributed by atoms with Crippen LogP contribution in [0, 0.1) is 6.92 Å². The van der Waals surface area contributed by atoms with Gasteiger partial charge < -0.3 is 4.57 Å². The van der Waals surface area contributed by atoms with E-state index in [0.29, 0.717) is 21.6 Å². The van der Waals surface area contributed by atoms with Crippen LogP contribution in [0.15, 0.2) is 52.5 Å². The SMILES string of the molecule is Cc1ccc(S(=O)(=O)Cc2nnc(SCC(=O)c3ccc(Cl)cc3Cl)n2C)cc1. The molecule has 1 heterocycles. The standard InChI is InChI=1S/C19H17Cl2N3O3S2/c1-12-3-6-14(7-4-12)29(26,27)11-18-22-23-19(24(18)2)28-10-17(25)15-8-5-13(20)9-16(15)21/h3-9H,10-11H2,1-2H3. The summed E-state index contributed by atoms with van der Waals surface area (Å²) in [5.41, 5.74) is 1.35. The molecule has 0 N–H and O–H groups in total. The van der Waals surface area contributed by atoms with E-state index >= 15 is 0 Å². The number of hydrogen-bond donors (Lipinski definition) is 0. The number of rotatable bonds is 7. The van der Waals surface area contributed by atoms with Gasteiger partial charge in [0.15, 0.2) is 20.8 Å². The lowest BCUT2D eigenvalue weighted by atomic mass is 10.1. The highest BCUT2D eigenvalue weighted by atomic mass is 35.5. The van der Waals surface area contributed by atoms with Crippen molar-refractivity contribution in [1.82, 2.24) is 14.8 Å². The number of aromatic nitrogens is 3. The number of benzene rings is 2. The molecule has 0 amide bonds. The molecule has 10 heteroatoms. The molecular formula is C19H17Cl2N3O3S2. The Labute approximate surface area is 183 Å². The van der Waals surface area contributed by atoms with Gasteiger partial charge in [0.25, 0.3) is 0 Å². The van der Waals surface area contributed by atoms with Gasteiger partial charge in [-0.2, -0.15) is 0 Å². The Morgan fingerprint density at radius 2 is 1.79 bits per heavy atom. The van der Waals surface area contributed by atoms with Crippen LogP contribution in [-0.2, 0) is 22.6 Å². The van der Waals surface area contributed by atoms with Crippen molar-refractivity contribution >= 4 is 50.6 Å². The number of carbonyl (C=O) groups excluding carboxylic acids is 1. The van der Waals surface area contributed by atoms with Crippen molar-refractivity contribution in [2.45, 2.75) is 22.7 Å². The van der Waals surface area contributed by atoms with Gasteiger partial charge in [0, 0.05) is 17.6 Å². The summed E-state index contributed by atoms with van der Waals surface area (Å²) in [6.07, 6.45) is 0. The molecule has 0 unspecified atom stereocenters. The summed E-state index contributed by atoms with van der Waals surface area (Å²) in [4.78, 5) is 12.6. The van der Waals surface area contributed by atoms with Crippen LogP contribution in [0.25, 0.3) is 0 Å². The topological polar surface area (TPSA) is 81.9 Å². The molecule has 0 aliphatic carbocycles. The fourth-order valence-electron chi connectivity index (χ4n) is 2.52. The quantitative estimate of drug-likeness (QED) is 0.377. The van der Waals surface area contributed by atoms with Crippen molar-refractivity contribution in [3.05, 3.63) is 69.5 Å². The van der Waals surface area contributed by atoms with Gasteiger partial charge >= 0.3 is 0 Å². The molecule has 152 valence electrons. The highest BCUT2D eigenvalue weighted by molar-refractivity contribution is 7.99. The number of Topliss-reactive ketones (excluding diaryl/α,β-unsaturated/α-hetero) is 1. The van der Waals surface area contributed by atoms with Crippen LogP contribution < -0.4 is 0 Å². The molecule has 3 rings (SSSR count). The molecule has 29 heavy (non-hydrogen) atoms. The average Bonchev–Trinajstić information content (AvgIpc) is 2.99. The fourth-order valence-corrected chi connectivity index (χ4v) is 5.15. The zero-order valence-electron chi connectivity index (χ0n) is 15.6. The normalized spacial score (nSPS) is 11.6. The Hall–Kier alpha value is -1.87. The predicted octanol–water partition coefficient (Wildman–Crippen LogP) is 4.38. The van der Waals surface area contributed by atoms with Crippen LogP contribution in [-0.4, -0.2) is 34.7 Å². The van der Waals surface area contributed by atoms with E-state index in [9.17, 15) is 13.2 Å². The smallest absolute Gasteiger partial charge is 0.191 e. The molecule has 0 saturated carbocycles. The highest BCUT2D eigenvalue weighted by Gasteiger charge is 2.21. The van der Waals surface area contributed by atoms with E-state index in [0.717, 1.165) is 17.3 Å². The molecule has 1 aromatic heterocycles. The first-order valence-corrected chi connectivity index (χ1v) is 11.9. The molecule has 0 saturated heterocycles. The van der Waals surface area contributed by atoms with Gasteiger partial charge in [-0.25, -0.2) is 8.42 Å². The lowest BCUT2D eigenvalue weighted by Gasteiger charge is -2.06. The summed E-state index contributed by atoms with van der Waals surface area (Å²) in [5.74, 6) is -0.0895. The maximum Gasteiger partial charge on any atom is 0.191 e. The minimum atomic E-state index is -3.55. The van der Waals surface area contributed by atoms with E-state index in [2.05, 4.69) is 10.2 Å². The number of halogens is 2. The summed E-state index contributed by atoms with van der Waals surface area (Å²) in [5, 5.41) is 9.17. The van der Waals surface area contributed by atoms with Crippen LogP contribution in [0.5, 0.6) is 0 Å². The van der Waals surface area contributed by atoms with Crippen molar-refractivity contribution in [3.8, 4) is 0 Å². The minimum absolute atomic E-state index is 0.0814. The Bertz CT molecular complexity index is 1160. The predicted molar refractivity (Wildman–Crippen MR) is 115 cm³/mol. The monoisotopic (exact) mass is 469 g/mol. The van der Waals surface area contributed by atoms with Crippen LogP contribution in [0.4, 0.5) is 0 Å². The summed E-state index contributed by atoms with van der Waals surface area (Å²) < 4.78 is 26.8. The van der Waals surface area contributed by atoms with Crippen molar-refractivity contribution in [2.24, 2.45) is 7.05 Å². The molecule has 2 aromatic carbocycles. The maximum atomic E-state index is 12.6. The van der Waals surface area contributed by atoms with E-state index in [1.54, 1.807) is 48.0 Å². The lowest BCUT2D eigenvalue weighted by molar-refractivity contribution is 0.102. The molecule has 3 aromatic rings. The molecule has 0 atom stereocenters. The zero-order valence-corrected chi connectivity index (χ0v) is 18.7. The maximum absolute atomic E-state index is 12.6. The first-order chi connectivity index (χ1) is 13.7. The average molecular weight is 470 g/mol. The van der Waals surface area contributed by atoms with Crippen molar-refractivity contribution < 1.29 is 13.2 Å². The van der Waals surface area contributed by atoms with Gasteiger partial charge in [0.2, 0.25) is 0 Å². The number of thioether (sulfide) groups is 1. The zero-order chi connectivity index (χ0) is 21.2. The van der Waals surface area contributed by atoms with Crippen molar-refractivity contribution in [1.29, 1.82) is 0 Å². The lowest BCUT2D eigenvalue weighted by Crippen LogP contribution is -2.10. The van der Waals surface area contributed by atoms with Gasteiger partial charge in [0.05, 0.1) is 15.7 Å². The number of ketones is 1. The molecular weight excluding hydrogens is 453 g/mol. The van der Waals surface area contributed by atoms with E-state index < -0.39 is 9.84 Å². The third kappa shape index (κ3) is 5.19. The fraction of sp³-hybridized carbons (Fsp3) is 0.211. The summed E-state index contributed by atoms with van der Waals surface area (Å²) in [7, 11) is -1.88. The van der Waals surface area contributed by atoms with Gasteiger partial charge in [-0.1, -0.05) is 52.7 Å². The number of carbonyl (C=O) groups is 1. The Morgan fingerprint density at radius 1 is 1.10 bits per heavy atom. The summed E-state index contributed by atoms with van der Waals surface area (Å²) in [6, 6.07) is 11.3. The third-order valence-electron chi connectivity index (χ3n) is 4.19. The summed E-state index contributed by atoms with van der Waals surface area (Å²) in [6.45, 7) is 1.89. The number of sulfone groups is 1. The molecule has 0 spiro atoms. The van der Waals surface area contributed by atoms with E-state index in [1.807, 2.05) is 6.92 Å². The third-order valence-corrected chi connectivity index (χ3v) is 7.38. The second kappa shape index (κ2) is 8.87. The van der Waals surface area contributed by atoms with Gasteiger partial charge in [-0.05, 0) is 37.3 Å². The highest BCUT2D eigenvalue weighted by Crippen LogP contribution is 2.25. The van der Waals surface area contributed by atoms with E-state index in [4.69, 9.17) is 23.2 Å². The largest absolute Gasteiger partial charge is 0.308 e. The van der Waals surface area contributed by atoms with Crippen LogP contribution in [0.3, 0.4) is 0 Å². The minimum Gasteiger partial charge on any atom is -0.308 e. The Balaban J connectivity index is 1.70. The number of hydrogen-bond acceptors (Lipinski definition) is 6. The molecule has 0 bridgehead atoms. The number of aryl methyl sites for hydroxylation is 1. The van der Waals surface area contributed by atoms with Gasteiger partial charge in [-0.15, -0.1) is 10.2 Å². The van der Waals surface area contributed by atoms with Crippen LogP contribution in [0.1, 0.15) is 21.7 Å². The van der Waals surface area contributed by atoms with E-state index in [-0.39, 0.29) is 27.2 Å². The molecule has 6 nitrogen and oxygen atoms in total. The first kappa shape index (κ1) is 21.8. The van der Waals surface area contributed by atoms with Gasteiger partial charge in [0.1, 0.15) is 11.6 Å². The van der Waals surface area contributed by atoms with Crippen molar-refractivity contribution in [2.75, 3.05) is 5.75 Å². The Kier molecular flexibility index (Phi) is 6.68. The van der Waals surface area contributed by atoms with Crippen molar-refractivity contribution in [3.63, 3.8) is 0 Å². The molecule has 0 radical (unpaired) electrons. The first-order valence-electron chi connectivity index (χ1n) is 8.46. The second-order valence-corrected chi connectivity index (χ2v) is 10.1. The van der Waals surface area contributed by atoms with Crippen LogP contribution >= 0.6 is 35.0 Å². The van der Waals surface area contributed by atoms with Gasteiger partial charge in [-0.3, -0.25) is 4.79 Å². The molecule has 0 aliphatic rings. The Morgan fingerprint density at radius 3 is 2.45 bits per heavy atom. The molecule has 0 aliphatic heterocycles. The number of nitrogens with zero attached hydrogens (tertiary/aromatic N) is 3. The van der Waals surface area contributed by atoms with E-state index in [1.165, 1.54) is 6.07 Å². The van der Waals surface area contributed by atoms with Crippen LogP contribution in [0.2, 0.25) is 10.0 Å². The second-order valence-electron chi connectivity index (χ2n) is 6.37. The molecule has 0 fully saturated rings.